The Morgan fingerprint density at radius 2 is 1.25 bits per heavy atom. The zero-order chi connectivity index (χ0) is 14.0. The molecule has 3 rings (SSSR count). The molecule has 20 heavy (non-hydrogen) atoms. The normalized spacial score (nSPS) is 29.6. The van der Waals surface area contributed by atoms with Gasteiger partial charge in [-0.3, -0.25) is 4.90 Å². The maximum Gasteiger partial charge on any atom is 0.0283 e. The van der Waals surface area contributed by atoms with E-state index in [9.17, 15) is 0 Å². The summed E-state index contributed by atoms with van der Waals surface area (Å²) in [4.78, 5) is 2.89. The summed E-state index contributed by atoms with van der Waals surface area (Å²) in [5.74, 6) is 0.803. The Kier molecular flexibility index (Phi) is 4.72. The molecule has 0 aromatic carbocycles. The second kappa shape index (κ2) is 6.36. The quantitative estimate of drug-likeness (QED) is 0.821. The predicted molar refractivity (Wildman–Crippen MR) is 85.8 cm³/mol. The summed E-state index contributed by atoms with van der Waals surface area (Å²) in [6.07, 6.45) is 17.1. The van der Waals surface area contributed by atoms with Crippen LogP contribution < -0.4 is 5.73 Å². The van der Waals surface area contributed by atoms with E-state index < -0.39 is 0 Å². The lowest BCUT2D eigenvalue weighted by Crippen LogP contribution is -2.56. The first-order valence-electron chi connectivity index (χ1n) is 9.21. The molecule has 1 unspecified atom stereocenters. The second-order valence-corrected chi connectivity index (χ2v) is 8.04. The van der Waals surface area contributed by atoms with E-state index in [0.29, 0.717) is 0 Å². The van der Waals surface area contributed by atoms with Gasteiger partial charge in [-0.1, -0.05) is 38.5 Å². The maximum absolute atomic E-state index is 6.69. The van der Waals surface area contributed by atoms with Gasteiger partial charge in [0.15, 0.2) is 0 Å². The minimum Gasteiger partial charge on any atom is -0.324 e. The van der Waals surface area contributed by atoms with Crippen molar-refractivity contribution in [2.24, 2.45) is 11.7 Å². The molecule has 3 saturated carbocycles. The van der Waals surface area contributed by atoms with E-state index in [2.05, 4.69) is 11.8 Å². The van der Waals surface area contributed by atoms with E-state index in [1.165, 1.54) is 77.0 Å². The molecule has 0 heterocycles. The monoisotopic (exact) mass is 278 g/mol. The van der Waals surface area contributed by atoms with Crippen molar-refractivity contribution >= 4 is 0 Å². The Morgan fingerprint density at radius 1 is 0.800 bits per heavy atom. The zero-order valence-corrected chi connectivity index (χ0v) is 13.4. The number of nitrogens with zero attached hydrogens (tertiary/aromatic N) is 1. The van der Waals surface area contributed by atoms with Crippen molar-refractivity contribution in [3.63, 3.8) is 0 Å². The Labute approximate surface area is 125 Å². The van der Waals surface area contributed by atoms with Gasteiger partial charge in [0.1, 0.15) is 0 Å². The molecule has 1 atom stereocenters. The van der Waals surface area contributed by atoms with Crippen molar-refractivity contribution in [1.29, 1.82) is 0 Å². The van der Waals surface area contributed by atoms with E-state index in [-0.39, 0.29) is 5.54 Å². The number of hydrogen-bond acceptors (Lipinski definition) is 2. The lowest BCUT2D eigenvalue weighted by Gasteiger charge is -2.45. The van der Waals surface area contributed by atoms with Crippen molar-refractivity contribution in [3.05, 3.63) is 0 Å². The van der Waals surface area contributed by atoms with Crippen molar-refractivity contribution in [3.8, 4) is 0 Å². The van der Waals surface area contributed by atoms with E-state index in [4.69, 9.17) is 5.73 Å². The molecule has 0 radical (unpaired) electrons. The van der Waals surface area contributed by atoms with Crippen LogP contribution >= 0.6 is 0 Å². The number of nitrogens with two attached hydrogens (primary N) is 1. The van der Waals surface area contributed by atoms with Crippen LogP contribution in [0, 0.1) is 5.92 Å². The van der Waals surface area contributed by atoms with Crippen LogP contribution in [0.5, 0.6) is 0 Å². The summed E-state index contributed by atoms with van der Waals surface area (Å²) in [7, 11) is 0. The van der Waals surface area contributed by atoms with Crippen LogP contribution in [0.2, 0.25) is 0 Å². The first-order chi connectivity index (χ1) is 9.67. The van der Waals surface area contributed by atoms with Gasteiger partial charge < -0.3 is 5.73 Å². The standard InChI is InChI=1S/C18H34N2/c1-18(19,15-12-13-15)14-20(16-8-4-2-5-9-16)17-10-6-3-7-11-17/h15-17H,2-14,19H2,1H3. The molecule has 0 aliphatic heterocycles. The molecule has 3 fully saturated rings. The van der Waals surface area contributed by atoms with Crippen LogP contribution in [0.15, 0.2) is 0 Å². The molecule has 0 aromatic heterocycles. The molecule has 2 nitrogen and oxygen atoms in total. The van der Waals surface area contributed by atoms with Crippen LogP contribution in [0.1, 0.15) is 84.0 Å². The van der Waals surface area contributed by atoms with Gasteiger partial charge in [-0.2, -0.15) is 0 Å². The highest BCUT2D eigenvalue weighted by molar-refractivity contribution is 4.99. The van der Waals surface area contributed by atoms with Gasteiger partial charge in [0, 0.05) is 24.2 Å². The maximum atomic E-state index is 6.69. The average Bonchev–Trinajstić information content (AvgIpc) is 3.32. The Balaban J connectivity index is 1.67. The first kappa shape index (κ1) is 14.8. The fourth-order valence-corrected chi connectivity index (χ4v) is 4.65. The average molecular weight is 278 g/mol. The largest absolute Gasteiger partial charge is 0.324 e. The minimum atomic E-state index is 0.0644. The fourth-order valence-electron chi connectivity index (χ4n) is 4.65. The Morgan fingerprint density at radius 3 is 1.65 bits per heavy atom. The highest BCUT2D eigenvalue weighted by Gasteiger charge is 2.42. The molecule has 0 spiro atoms. The number of rotatable bonds is 5. The third-order valence-electron chi connectivity index (χ3n) is 6.12. The molecule has 0 bridgehead atoms. The summed E-state index contributed by atoms with van der Waals surface area (Å²) >= 11 is 0. The van der Waals surface area contributed by atoms with Crippen LogP contribution in [0.4, 0.5) is 0 Å². The SMILES string of the molecule is CC(N)(CN(C1CCCCC1)C1CCCCC1)C1CC1. The van der Waals surface area contributed by atoms with E-state index in [1.54, 1.807) is 0 Å². The molecular formula is C18H34N2. The van der Waals surface area contributed by atoms with Gasteiger partial charge in [-0.25, -0.2) is 0 Å². The fraction of sp³-hybridized carbons (Fsp3) is 1.00. The van der Waals surface area contributed by atoms with Gasteiger partial charge in [-0.05, 0) is 51.4 Å². The van der Waals surface area contributed by atoms with Gasteiger partial charge in [0.2, 0.25) is 0 Å². The van der Waals surface area contributed by atoms with Crippen LogP contribution in [0.25, 0.3) is 0 Å². The van der Waals surface area contributed by atoms with Crippen molar-refractivity contribution in [1.82, 2.24) is 4.90 Å². The summed E-state index contributed by atoms with van der Waals surface area (Å²) in [5.41, 5.74) is 6.76. The first-order valence-corrected chi connectivity index (χ1v) is 9.21. The van der Waals surface area contributed by atoms with Crippen LogP contribution in [-0.4, -0.2) is 29.1 Å². The molecule has 0 amide bonds. The highest BCUT2D eigenvalue weighted by atomic mass is 15.2. The molecule has 0 aromatic rings. The van der Waals surface area contributed by atoms with Crippen molar-refractivity contribution in [2.75, 3.05) is 6.54 Å². The summed E-state index contributed by atoms with van der Waals surface area (Å²) in [6.45, 7) is 3.48. The van der Waals surface area contributed by atoms with Gasteiger partial charge in [0.05, 0.1) is 0 Å². The molecule has 116 valence electrons. The summed E-state index contributed by atoms with van der Waals surface area (Å²) < 4.78 is 0. The van der Waals surface area contributed by atoms with Crippen LogP contribution in [-0.2, 0) is 0 Å². The van der Waals surface area contributed by atoms with Crippen molar-refractivity contribution < 1.29 is 0 Å². The number of hydrogen-bond donors (Lipinski definition) is 1. The summed E-state index contributed by atoms with van der Waals surface area (Å²) in [6, 6.07) is 1.68. The molecular weight excluding hydrogens is 244 g/mol. The van der Waals surface area contributed by atoms with E-state index in [0.717, 1.165) is 24.5 Å². The minimum absolute atomic E-state index is 0.0644. The third kappa shape index (κ3) is 3.57. The highest BCUT2D eigenvalue weighted by Crippen LogP contribution is 2.40. The van der Waals surface area contributed by atoms with Gasteiger partial charge >= 0.3 is 0 Å². The molecule has 0 saturated heterocycles. The topological polar surface area (TPSA) is 29.3 Å². The summed E-state index contributed by atoms with van der Waals surface area (Å²) in [5, 5.41) is 0. The van der Waals surface area contributed by atoms with E-state index in [1.807, 2.05) is 0 Å². The second-order valence-electron chi connectivity index (χ2n) is 8.04. The Bertz CT molecular complexity index is 279. The molecule has 3 aliphatic rings. The predicted octanol–water partition coefficient (Wildman–Crippen LogP) is 4.08. The van der Waals surface area contributed by atoms with Crippen molar-refractivity contribution in [2.45, 2.75) is 102 Å². The van der Waals surface area contributed by atoms with E-state index >= 15 is 0 Å². The lowest BCUT2D eigenvalue weighted by molar-refractivity contribution is 0.0555. The van der Waals surface area contributed by atoms with Crippen LogP contribution in [0.3, 0.4) is 0 Å². The smallest absolute Gasteiger partial charge is 0.0283 e. The lowest BCUT2D eigenvalue weighted by atomic mass is 9.86. The van der Waals surface area contributed by atoms with Gasteiger partial charge in [0.25, 0.3) is 0 Å². The molecule has 3 aliphatic carbocycles. The molecule has 2 N–H and O–H groups in total. The zero-order valence-electron chi connectivity index (χ0n) is 13.4. The Hall–Kier alpha value is -0.0800. The molecule has 2 heteroatoms. The third-order valence-corrected chi connectivity index (χ3v) is 6.12. The van der Waals surface area contributed by atoms with Gasteiger partial charge in [-0.15, -0.1) is 0 Å².